The van der Waals surface area contributed by atoms with Crippen molar-refractivity contribution in [2.45, 2.75) is 26.8 Å². The lowest BCUT2D eigenvalue weighted by atomic mass is 10.1. The van der Waals surface area contributed by atoms with E-state index < -0.39 is 0 Å². The Balaban J connectivity index is 2.00. The molecular weight excluding hydrogens is 250 g/mol. The molecule has 0 saturated heterocycles. The minimum absolute atomic E-state index is 0.00671. The van der Waals surface area contributed by atoms with E-state index in [1.807, 2.05) is 37.4 Å². The first kappa shape index (κ1) is 14.6. The fourth-order valence-corrected chi connectivity index (χ4v) is 2.42. The van der Waals surface area contributed by atoms with E-state index in [4.69, 9.17) is 0 Å². The number of rotatable bonds is 6. The molecule has 2 aromatic rings. The third kappa shape index (κ3) is 3.39. The fraction of sp³-hybridized carbons (Fsp3) is 0.438. The zero-order chi connectivity index (χ0) is 14.5. The smallest absolute Gasteiger partial charge is 0.251 e. The SMILES string of the molecule is CCN(CC)CC(C)NC(=O)c1ccc2[nH]ccc2c1. The molecule has 4 nitrogen and oxygen atoms in total. The number of nitrogens with one attached hydrogen (secondary N) is 2. The number of carbonyl (C=O) groups excluding carboxylic acids is 1. The highest BCUT2D eigenvalue weighted by Crippen LogP contribution is 2.14. The van der Waals surface area contributed by atoms with Gasteiger partial charge in [0.25, 0.3) is 5.91 Å². The van der Waals surface area contributed by atoms with Gasteiger partial charge in [0, 0.05) is 35.2 Å². The number of nitrogens with zero attached hydrogens (tertiary/aromatic N) is 1. The number of aromatic nitrogens is 1. The van der Waals surface area contributed by atoms with Gasteiger partial charge < -0.3 is 15.2 Å². The zero-order valence-corrected chi connectivity index (χ0v) is 12.4. The molecule has 1 unspecified atom stereocenters. The average Bonchev–Trinajstić information content (AvgIpc) is 2.91. The van der Waals surface area contributed by atoms with Crippen LogP contribution < -0.4 is 5.32 Å². The maximum Gasteiger partial charge on any atom is 0.251 e. The normalized spacial score (nSPS) is 12.8. The molecular formula is C16H23N3O. The minimum atomic E-state index is -0.00671. The topological polar surface area (TPSA) is 48.1 Å². The van der Waals surface area contributed by atoms with Crippen molar-refractivity contribution >= 4 is 16.8 Å². The van der Waals surface area contributed by atoms with Crippen LogP contribution in [0, 0.1) is 0 Å². The molecule has 1 heterocycles. The molecule has 0 aliphatic carbocycles. The van der Waals surface area contributed by atoms with Gasteiger partial charge in [-0.05, 0) is 44.3 Å². The van der Waals surface area contributed by atoms with Crippen molar-refractivity contribution in [2.24, 2.45) is 0 Å². The molecule has 2 rings (SSSR count). The van der Waals surface area contributed by atoms with E-state index >= 15 is 0 Å². The van der Waals surface area contributed by atoms with Crippen LogP contribution in [0.2, 0.25) is 0 Å². The standard InChI is InChI=1S/C16H23N3O/c1-4-19(5-2)11-12(3)18-16(20)14-6-7-15-13(10-14)8-9-17-15/h6-10,12,17H,4-5,11H2,1-3H3,(H,18,20). The van der Waals surface area contributed by atoms with Crippen LogP contribution in [0.4, 0.5) is 0 Å². The van der Waals surface area contributed by atoms with Gasteiger partial charge in [0.15, 0.2) is 0 Å². The van der Waals surface area contributed by atoms with Crippen LogP contribution in [0.3, 0.4) is 0 Å². The maximum absolute atomic E-state index is 12.2. The van der Waals surface area contributed by atoms with Gasteiger partial charge in [-0.3, -0.25) is 4.79 Å². The highest BCUT2D eigenvalue weighted by Gasteiger charge is 2.12. The maximum atomic E-state index is 12.2. The zero-order valence-electron chi connectivity index (χ0n) is 12.4. The van der Waals surface area contributed by atoms with Gasteiger partial charge in [0.05, 0.1) is 0 Å². The first-order valence-electron chi connectivity index (χ1n) is 7.24. The number of aromatic amines is 1. The predicted octanol–water partition coefficient (Wildman–Crippen LogP) is 2.63. The fourth-order valence-electron chi connectivity index (χ4n) is 2.42. The molecule has 0 saturated carbocycles. The highest BCUT2D eigenvalue weighted by atomic mass is 16.1. The van der Waals surface area contributed by atoms with Crippen molar-refractivity contribution in [2.75, 3.05) is 19.6 Å². The highest BCUT2D eigenvalue weighted by molar-refractivity contribution is 5.98. The van der Waals surface area contributed by atoms with E-state index in [1.165, 1.54) is 0 Å². The largest absolute Gasteiger partial charge is 0.361 e. The van der Waals surface area contributed by atoms with Crippen molar-refractivity contribution in [3.8, 4) is 0 Å². The monoisotopic (exact) mass is 273 g/mol. The Hall–Kier alpha value is -1.81. The second-order valence-electron chi connectivity index (χ2n) is 5.14. The van der Waals surface area contributed by atoms with Gasteiger partial charge in [0.1, 0.15) is 0 Å². The summed E-state index contributed by atoms with van der Waals surface area (Å²) in [5.41, 5.74) is 1.77. The van der Waals surface area contributed by atoms with Crippen LogP contribution in [0.1, 0.15) is 31.1 Å². The summed E-state index contributed by atoms with van der Waals surface area (Å²) in [6, 6.07) is 7.85. The Morgan fingerprint density at radius 1 is 1.30 bits per heavy atom. The summed E-state index contributed by atoms with van der Waals surface area (Å²) >= 11 is 0. The van der Waals surface area contributed by atoms with Crippen LogP contribution in [0.5, 0.6) is 0 Å². The first-order valence-corrected chi connectivity index (χ1v) is 7.24. The second kappa shape index (κ2) is 6.57. The number of benzene rings is 1. The predicted molar refractivity (Wildman–Crippen MR) is 83.0 cm³/mol. The van der Waals surface area contributed by atoms with E-state index in [0.29, 0.717) is 5.56 Å². The number of fused-ring (bicyclic) bond motifs is 1. The summed E-state index contributed by atoms with van der Waals surface area (Å²) < 4.78 is 0. The Kier molecular flexibility index (Phi) is 4.79. The quantitative estimate of drug-likeness (QED) is 0.850. The van der Waals surface area contributed by atoms with Crippen LogP contribution in [-0.4, -0.2) is 41.5 Å². The number of hydrogen-bond donors (Lipinski definition) is 2. The molecule has 108 valence electrons. The molecule has 0 radical (unpaired) electrons. The molecule has 2 N–H and O–H groups in total. The second-order valence-corrected chi connectivity index (χ2v) is 5.14. The number of amides is 1. The lowest BCUT2D eigenvalue weighted by Crippen LogP contribution is -2.41. The molecule has 0 aliphatic rings. The average molecular weight is 273 g/mol. The van der Waals surface area contributed by atoms with Crippen molar-refractivity contribution in [1.29, 1.82) is 0 Å². The summed E-state index contributed by atoms with van der Waals surface area (Å²) in [5.74, 6) is -0.00671. The van der Waals surface area contributed by atoms with E-state index in [-0.39, 0.29) is 11.9 Å². The van der Waals surface area contributed by atoms with Gasteiger partial charge in [-0.15, -0.1) is 0 Å². The molecule has 20 heavy (non-hydrogen) atoms. The van der Waals surface area contributed by atoms with E-state index in [0.717, 1.165) is 30.5 Å². The summed E-state index contributed by atoms with van der Waals surface area (Å²) in [4.78, 5) is 17.7. The van der Waals surface area contributed by atoms with E-state index in [2.05, 4.69) is 29.0 Å². The van der Waals surface area contributed by atoms with Crippen molar-refractivity contribution in [3.05, 3.63) is 36.0 Å². The summed E-state index contributed by atoms with van der Waals surface area (Å²) in [6.45, 7) is 9.21. The first-order chi connectivity index (χ1) is 9.63. The lowest BCUT2D eigenvalue weighted by Gasteiger charge is -2.23. The van der Waals surface area contributed by atoms with Crippen molar-refractivity contribution < 1.29 is 4.79 Å². The molecule has 4 heteroatoms. The summed E-state index contributed by atoms with van der Waals surface area (Å²) in [5, 5.41) is 4.13. The van der Waals surface area contributed by atoms with Gasteiger partial charge in [-0.25, -0.2) is 0 Å². The molecule has 1 amide bonds. The third-order valence-electron chi connectivity index (χ3n) is 3.62. The summed E-state index contributed by atoms with van der Waals surface area (Å²) in [6.07, 6.45) is 1.88. The molecule has 0 spiro atoms. The van der Waals surface area contributed by atoms with E-state index in [9.17, 15) is 4.79 Å². The Morgan fingerprint density at radius 3 is 2.75 bits per heavy atom. The Bertz CT molecular complexity index is 572. The number of hydrogen-bond acceptors (Lipinski definition) is 2. The Labute approximate surface area is 120 Å². The van der Waals surface area contributed by atoms with Crippen LogP contribution >= 0.6 is 0 Å². The number of H-pyrrole nitrogens is 1. The molecule has 0 fully saturated rings. The third-order valence-corrected chi connectivity index (χ3v) is 3.62. The van der Waals surface area contributed by atoms with E-state index in [1.54, 1.807) is 0 Å². The van der Waals surface area contributed by atoms with Crippen molar-refractivity contribution in [3.63, 3.8) is 0 Å². The van der Waals surface area contributed by atoms with Gasteiger partial charge in [-0.2, -0.15) is 0 Å². The molecule has 1 aromatic carbocycles. The molecule has 1 aromatic heterocycles. The molecule has 1 atom stereocenters. The van der Waals surface area contributed by atoms with Gasteiger partial charge in [-0.1, -0.05) is 13.8 Å². The number of carbonyl (C=O) groups is 1. The number of likely N-dealkylation sites (N-methyl/N-ethyl adjacent to an activating group) is 1. The van der Waals surface area contributed by atoms with Crippen LogP contribution in [0.15, 0.2) is 30.5 Å². The van der Waals surface area contributed by atoms with Gasteiger partial charge >= 0.3 is 0 Å². The van der Waals surface area contributed by atoms with Crippen LogP contribution in [-0.2, 0) is 0 Å². The van der Waals surface area contributed by atoms with Crippen molar-refractivity contribution in [1.82, 2.24) is 15.2 Å². The van der Waals surface area contributed by atoms with Gasteiger partial charge in [0.2, 0.25) is 0 Å². The lowest BCUT2D eigenvalue weighted by molar-refractivity contribution is 0.0930. The molecule has 0 aliphatic heterocycles. The Morgan fingerprint density at radius 2 is 2.05 bits per heavy atom. The summed E-state index contributed by atoms with van der Waals surface area (Å²) in [7, 11) is 0. The molecule has 0 bridgehead atoms. The minimum Gasteiger partial charge on any atom is -0.361 e. The van der Waals surface area contributed by atoms with Crippen LogP contribution in [0.25, 0.3) is 10.9 Å².